The lowest BCUT2D eigenvalue weighted by Crippen LogP contribution is -2.11. The fraction of sp³-hybridized carbons (Fsp3) is 0. The van der Waals surface area contributed by atoms with E-state index >= 15 is 0 Å². The van der Waals surface area contributed by atoms with Crippen LogP contribution in [0.4, 0.5) is 34.1 Å². The first-order chi connectivity index (χ1) is 30.3. The molecule has 3 heteroatoms. The molecule has 1 aromatic heterocycles. The highest BCUT2D eigenvalue weighted by atomic mass is 15.1. The number of nitrogens with zero attached hydrogens (tertiary/aromatic N) is 3. The number of anilines is 6. The zero-order valence-corrected chi connectivity index (χ0v) is 33.5. The summed E-state index contributed by atoms with van der Waals surface area (Å²) in [6, 6.07) is 89.4. The van der Waals surface area contributed by atoms with Crippen molar-refractivity contribution in [1.82, 2.24) is 4.57 Å². The number of fused-ring (bicyclic) bond motifs is 4. The highest BCUT2D eigenvalue weighted by Gasteiger charge is 2.20. The van der Waals surface area contributed by atoms with Crippen molar-refractivity contribution >= 4 is 66.7 Å². The largest absolute Gasteiger partial charge is 0.311 e. The van der Waals surface area contributed by atoms with Crippen molar-refractivity contribution in [1.29, 1.82) is 0 Å². The van der Waals surface area contributed by atoms with Crippen molar-refractivity contribution in [3.8, 4) is 27.9 Å². The minimum atomic E-state index is 0. The predicted molar refractivity (Wildman–Crippen MR) is 261 cm³/mol. The van der Waals surface area contributed by atoms with Crippen LogP contribution < -0.4 is 9.80 Å². The molecule has 0 radical (unpaired) electrons. The van der Waals surface area contributed by atoms with Crippen LogP contribution in [0.2, 0.25) is 0 Å². The molecule has 0 amide bonds. The van der Waals surface area contributed by atoms with E-state index in [1.165, 1.54) is 54.8 Å². The Balaban J connectivity index is 0.00000458. The Morgan fingerprint density at radius 2 is 0.738 bits per heavy atom. The van der Waals surface area contributed by atoms with E-state index in [1.807, 2.05) is 0 Å². The van der Waals surface area contributed by atoms with Gasteiger partial charge in [0.1, 0.15) is 0 Å². The van der Waals surface area contributed by atoms with E-state index in [0.29, 0.717) is 0 Å². The van der Waals surface area contributed by atoms with E-state index in [-0.39, 0.29) is 1.43 Å². The van der Waals surface area contributed by atoms with Crippen molar-refractivity contribution in [3.05, 3.63) is 249 Å². The lowest BCUT2D eigenvalue weighted by atomic mass is 9.96. The number of rotatable bonds is 9. The molecule has 0 saturated carbocycles. The van der Waals surface area contributed by atoms with E-state index in [9.17, 15) is 0 Å². The molecule has 10 aromatic carbocycles. The third kappa shape index (κ3) is 6.59. The molecule has 0 spiro atoms. The first-order valence-corrected chi connectivity index (χ1v) is 20.9. The van der Waals surface area contributed by atoms with E-state index in [2.05, 4.69) is 263 Å². The van der Waals surface area contributed by atoms with Gasteiger partial charge in [0.05, 0.1) is 16.7 Å². The van der Waals surface area contributed by atoms with Gasteiger partial charge in [-0.05, 0) is 113 Å². The molecule has 0 fully saturated rings. The average Bonchev–Trinajstić information content (AvgIpc) is 3.67. The van der Waals surface area contributed by atoms with Crippen LogP contribution >= 0.6 is 0 Å². The van der Waals surface area contributed by atoms with E-state index in [1.54, 1.807) is 0 Å². The van der Waals surface area contributed by atoms with Crippen LogP contribution in [0.5, 0.6) is 0 Å². The van der Waals surface area contributed by atoms with E-state index in [0.717, 1.165) is 39.8 Å². The van der Waals surface area contributed by atoms with Gasteiger partial charge in [-0.25, -0.2) is 0 Å². The van der Waals surface area contributed by atoms with Crippen LogP contribution in [-0.2, 0) is 0 Å². The van der Waals surface area contributed by atoms with Crippen LogP contribution in [0.3, 0.4) is 0 Å². The lowest BCUT2D eigenvalue weighted by Gasteiger charge is -2.28. The fourth-order valence-electron chi connectivity index (χ4n) is 8.94. The van der Waals surface area contributed by atoms with Gasteiger partial charge in [0, 0.05) is 51.7 Å². The maximum absolute atomic E-state index is 2.41. The summed E-state index contributed by atoms with van der Waals surface area (Å²) in [6.45, 7) is 0. The molecule has 3 nitrogen and oxygen atoms in total. The second-order valence-electron chi connectivity index (χ2n) is 15.4. The average molecular weight is 783 g/mol. The molecule has 290 valence electrons. The summed E-state index contributed by atoms with van der Waals surface area (Å²) >= 11 is 0. The zero-order chi connectivity index (χ0) is 40.5. The van der Waals surface area contributed by atoms with Crippen molar-refractivity contribution < 1.29 is 1.43 Å². The number of para-hydroxylation sites is 4. The minimum absolute atomic E-state index is 0. The summed E-state index contributed by atoms with van der Waals surface area (Å²) in [5, 5.41) is 4.85. The quantitative estimate of drug-likeness (QED) is 0.144. The van der Waals surface area contributed by atoms with Gasteiger partial charge in [-0.2, -0.15) is 0 Å². The first-order valence-electron chi connectivity index (χ1n) is 20.9. The Kier molecular flexibility index (Phi) is 9.18. The predicted octanol–water partition coefficient (Wildman–Crippen LogP) is 16.5. The van der Waals surface area contributed by atoms with Gasteiger partial charge >= 0.3 is 0 Å². The molecule has 0 saturated heterocycles. The van der Waals surface area contributed by atoms with Gasteiger partial charge in [0.25, 0.3) is 0 Å². The summed E-state index contributed by atoms with van der Waals surface area (Å²) in [5.41, 5.74) is 14.9. The summed E-state index contributed by atoms with van der Waals surface area (Å²) in [7, 11) is 0. The molecule has 0 unspecified atom stereocenters. The third-order valence-corrected chi connectivity index (χ3v) is 11.8. The van der Waals surface area contributed by atoms with Crippen molar-refractivity contribution in [2.45, 2.75) is 0 Å². The van der Waals surface area contributed by atoms with Crippen molar-refractivity contribution in [2.24, 2.45) is 0 Å². The van der Waals surface area contributed by atoms with Crippen LogP contribution in [0.15, 0.2) is 249 Å². The maximum atomic E-state index is 2.41. The number of hydrogen-bond donors (Lipinski definition) is 0. The van der Waals surface area contributed by atoms with Crippen LogP contribution in [0.1, 0.15) is 1.43 Å². The molecule has 0 bridgehead atoms. The molecule has 0 aliphatic heterocycles. The molecule has 1 heterocycles. The topological polar surface area (TPSA) is 11.4 Å². The normalized spacial score (nSPS) is 11.3. The summed E-state index contributed by atoms with van der Waals surface area (Å²) in [4.78, 5) is 4.73. The van der Waals surface area contributed by atoms with Crippen LogP contribution in [-0.4, -0.2) is 4.57 Å². The molecule has 0 atom stereocenters. The van der Waals surface area contributed by atoms with Crippen LogP contribution in [0, 0.1) is 0 Å². The minimum Gasteiger partial charge on any atom is -0.311 e. The smallest absolute Gasteiger partial charge is 0.0561 e. The monoisotopic (exact) mass is 782 g/mol. The molecule has 0 N–H and O–H groups in total. The van der Waals surface area contributed by atoms with Gasteiger partial charge in [-0.15, -0.1) is 0 Å². The van der Waals surface area contributed by atoms with Gasteiger partial charge < -0.3 is 14.4 Å². The van der Waals surface area contributed by atoms with E-state index < -0.39 is 0 Å². The van der Waals surface area contributed by atoms with Gasteiger partial charge in [-0.1, -0.05) is 164 Å². The molecule has 0 aliphatic rings. The van der Waals surface area contributed by atoms with Crippen LogP contribution in [0.25, 0.3) is 60.5 Å². The highest BCUT2D eigenvalue weighted by Crippen LogP contribution is 2.44. The second kappa shape index (κ2) is 15.6. The third-order valence-electron chi connectivity index (χ3n) is 11.8. The summed E-state index contributed by atoms with van der Waals surface area (Å²) in [6.07, 6.45) is 0. The fourth-order valence-corrected chi connectivity index (χ4v) is 8.94. The first kappa shape index (κ1) is 36.0. The molecular weight excluding hydrogens is 739 g/mol. The number of benzene rings is 10. The summed E-state index contributed by atoms with van der Waals surface area (Å²) in [5.74, 6) is 0. The maximum Gasteiger partial charge on any atom is 0.0561 e. The molecular formula is C58H43N3. The van der Waals surface area contributed by atoms with Gasteiger partial charge in [-0.3, -0.25) is 0 Å². The molecule has 61 heavy (non-hydrogen) atoms. The van der Waals surface area contributed by atoms with Gasteiger partial charge in [0.2, 0.25) is 0 Å². The standard InChI is InChI=1S/C58H41N3.H2/c1-5-17-42(18-6-1)43-29-33-48(34-30-43)59(45-19-7-2-8-20-45)49-35-31-44(32-36-49)51-39-40-57(53-26-14-13-25-52(51)53)60(46-21-9-3-10-22-46)50-37-38-55-54-27-15-16-28-56(54)61(58(55)41-50)47-23-11-4-12-24-47;/h1-41H;1H/i;1+1. The number of aromatic nitrogens is 1. The lowest BCUT2D eigenvalue weighted by molar-refractivity contribution is 1.18. The number of hydrogen-bond acceptors (Lipinski definition) is 2. The van der Waals surface area contributed by atoms with Crippen molar-refractivity contribution in [3.63, 3.8) is 0 Å². The highest BCUT2D eigenvalue weighted by molar-refractivity contribution is 6.11. The Hall–Kier alpha value is -8.14. The van der Waals surface area contributed by atoms with Gasteiger partial charge in [0.15, 0.2) is 0 Å². The summed E-state index contributed by atoms with van der Waals surface area (Å²) < 4.78 is 2.39. The van der Waals surface area contributed by atoms with E-state index in [4.69, 9.17) is 0 Å². The molecule has 11 rings (SSSR count). The Bertz CT molecular complexity index is 3270. The second-order valence-corrected chi connectivity index (χ2v) is 15.4. The molecule has 11 aromatic rings. The SMILES string of the molecule is [2HH].c1ccc(-c2ccc(N(c3ccccc3)c3ccc(-c4ccc(N(c5ccccc5)c5ccc6c7ccccc7n(-c7ccccc7)c6c5)c5ccccc45)cc3)cc2)cc1. The Morgan fingerprint density at radius 3 is 1.39 bits per heavy atom. The Morgan fingerprint density at radius 1 is 0.279 bits per heavy atom. The zero-order valence-electron chi connectivity index (χ0n) is 33.5. The Labute approximate surface area is 357 Å². The van der Waals surface area contributed by atoms with Crippen molar-refractivity contribution in [2.75, 3.05) is 9.80 Å². The molecule has 0 aliphatic carbocycles.